The van der Waals surface area contributed by atoms with Gasteiger partial charge in [-0.25, -0.2) is 4.79 Å². The Kier molecular flexibility index (Phi) is 15.0. The van der Waals surface area contributed by atoms with Crippen molar-refractivity contribution in [1.82, 2.24) is 0 Å². The molecular formula is C34H43NO13. The van der Waals surface area contributed by atoms with Crippen LogP contribution in [0.2, 0.25) is 0 Å². The number of methoxy groups -OCH3 is 1. The molecule has 0 bridgehead atoms. The number of nitrogens with zero attached hydrogens (tertiary/aromatic N) is 1. The average molecular weight is 674 g/mol. The van der Waals surface area contributed by atoms with Gasteiger partial charge in [0.05, 0.1) is 13.0 Å². The van der Waals surface area contributed by atoms with Crippen molar-refractivity contribution in [2.45, 2.75) is 91.3 Å². The molecule has 0 aromatic heterocycles. The molecule has 1 N–H and O–H groups in total. The molecular weight excluding hydrogens is 630 g/mol. The minimum Gasteiger partial charge on any atom is -0.497 e. The summed E-state index contributed by atoms with van der Waals surface area (Å²) in [7, 11) is 1.56. The van der Waals surface area contributed by atoms with Crippen molar-refractivity contribution in [1.29, 1.82) is 0 Å². The van der Waals surface area contributed by atoms with Crippen molar-refractivity contribution in [3.63, 3.8) is 0 Å². The minimum atomic E-state index is -1.72. The molecule has 0 aliphatic rings. The molecule has 0 saturated heterocycles. The second kappa shape index (κ2) is 18.4. The minimum absolute atomic E-state index is 0.0722. The molecule has 5 unspecified atom stereocenters. The van der Waals surface area contributed by atoms with E-state index in [1.165, 1.54) is 0 Å². The molecule has 0 radical (unpaired) electrons. The third-order valence-corrected chi connectivity index (χ3v) is 6.95. The molecule has 6 atom stereocenters. The van der Waals surface area contributed by atoms with Crippen LogP contribution < -0.4 is 4.74 Å². The lowest BCUT2D eigenvalue weighted by Crippen LogP contribution is -2.53. The Morgan fingerprint density at radius 3 is 1.88 bits per heavy atom. The van der Waals surface area contributed by atoms with Gasteiger partial charge in [0, 0.05) is 33.9 Å². The van der Waals surface area contributed by atoms with Gasteiger partial charge in [-0.2, -0.15) is 0 Å². The van der Waals surface area contributed by atoms with Crippen LogP contribution in [0, 0.1) is 5.92 Å². The normalized spacial score (nSPS) is 15.0. The molecule has 0 heterocycles. The topological polar surface area (TPSA) is 190 Å². The second-order valence-electron chi connectivity index (χ2n) is 11.5. The predicted octanol–water partition coefficient (Wildman–Crippen LogP) is 3.79. The number of aliphatic imine (C=N–C) groups is 1. The smallest absolute Gasteiger partial charge is 0.328 e. The number of rotatable bonds is 17. The first-order valence-corrected chi connectivity index (χ1v) is 15.2. The van der Waals surface area contributed by atoms with E-state index in [9.17, 15) is 33.9 Å². The van der Waals surface area contributed by atoms with Crippen molar-refractivity contribution in [2.24, 2.45) is 10.9 Å². The quantitative estimate of drug-likeness (QED) is 0.145. The number of carbonyl (C=O) groups excluding carboxylic acids is 5. The molecule has 0 aliphatic carbocycles. The fraction of sp³-hybridized carbons (Fsp3) is 0.500. The Bertz CT molecular complexity index is 1500. The Hall–Kier alpha value is -5.01. The maximum atomic E-state index is 13.2. The molecule has 14 nitrogen and oxygen atoms in total. The van der Waals surface area contributed by atoms with E-state index in [0.717, 1.165) is 44.7 Å². The highest BCUT2D eigenvalue weighted by atomic mass is 16.6. The molecule has 48 heavy (non-hydrogen) atoms. The number of benzene rings is 2. The Balaban J connectivity index is 2.48. The van der Waals surface area contributed by atoms with Crippen LogP contribution >= 0.6 is 0 Å². The summed E-state index contributed by atoms with van der Waals surface area (Å²) in [6, 6.07) is 9.62. The van der Waals surface area contributed by atoms with E-state index in [-0.39, 0.29) is 12.3 Å². The van der Waals surface area contributed by atoms with Gasteiger partial charge < -0.3 is 33.5 Å². The zero-order valence-electron chi connectivity index (χ0n) is 28.3. The number of ether oxygens (including phenoxy) is 6. The van der Waals surface area contributed by atoms with E-state index >= 15 is 0 Å². The van der Waals surface area contributed by atoms with Crippen LogP contribution in [0.15, 0.2) is 41.4 Å². The van der Waals surface area contributed by atoms with Crippen LogP contribution in [0.1, 0.15) is 66.4 Å². The van der Waals surface area contributed by atoms with Crippen molar-refractivity contribution in [2.75, 3.05) is 13.7 Å². The fourth-order valence-electron chi connectivity index (χ4n) is 4.77. The summed E-state index contributed by atoms with van der Waals surface area (Å²) in [4.78, 5) is 78.0. The first-order valence-electron chi connectivity index (χ1n) is 15.2. The van der Waals surface area contributed by atoms with Crippen LogP contribution in [-0.2, 0) is 52.5 Å². The number of aliphatic carboxylic acids is 1. The highest BCUT2D eigenvalue weighted by Crippen LogP contribution is 2.27. The van der Waals surface area contributed by atoms with Gasteiger partial charge in [-0.1, -0.05) is 38.1 Å². The van der Waals surface area contributed by atoms with Gasteiger partial charge in [-0.15, -0.1) is 0 Å². The lowest BCUT2D eigenvalue weighted by Gasteiger charge is -2.34. The largest absolute Gasteiger partial charge is 0.497 e. The molecule has 0 spiro atoms. The van der Waals surface area contributed by atoms with E-state index in [0.29, 0.717) is 11.3 Å². The van der Waals surface area contributed by atoms with Gasteiger partial charge in [-0.3, -0.25) is 29.0 Å². The predicted molar refractivity (Wildman–Crippen MR) is 171 cm³/mol. The van der Waals surface area contributed by atoms with Crippen molar-refractivity contribution >= 4 is 52.8 Å². The van der Waals surface area contributed by atoms with Gasteiger partial charge in [0.15, 0.2) is 24.4 Å². The van der Waals surface area contributed by atoms with Crippen molar-refractivity contribution < 1.29 is 62.3 Å². The summed E-state index contributed by atoms with van der Waals surface area (Å²) in [6.07, 6.45) is -5.54. The van der Waals surface area contributed by atoms with Crippen LogP contribution in [-0.4, -0.2) is 91.3 Å². The van der Waals surface area contributed by atoms with Gasteiger partial charge in [0.25, 0.3) is 0 Å². The highest BCUT2D eigenvalue weighted by molar-refractivity contribution is 5.87. The third kappa shape index (κ3) is 12.3. The zero-order chi connectivity index (χ0) is 36.1. The van der Waals surface area contributed by atoms with Gasteiger partial charge in [0.1, 0.15) is 18.4 Å². The number of hydrogen-bond donors (Lipinski definition) is 1. The summed E-state index contributed by atoms with van der Waals surface area (Å²) in [5, 5.41) is 11.4. The Morgan fingerprint density at radius 2 is 1.33 bits per heavy atom. The maximum Gasteiger partial charge on any atom is 0.328 e. The number of carboxylic acid groups (broad SMARTS) is 1. The average Bonchev–Trinajstić information content (AvgIpc) is 3.00. The van der Waals surface area contributed by atoms with Crippen LogP contribution in [0.4, 0.5) is 0 Å². The molecule has 2 rings (SSSR count). The van der Waals surface area contributed by atoms with E-state index in [4.69, 9.17) is 28.4 Å². The SMILES string of the molecule is COc1ccc2cc(C(C)C(=O)OCC(OC(C)=O)C(OC(C)=O)C(OC(C)=O)C(C=N[C@@H](CC(C)C)C(=O)O)OC(C)=O)ccc2c1. The van der Waals surface area contributed by atoms with E-state index in [1.54, 1.807) is 40.0 Å². The molecule has 14 heteroatoms. The third-order valence-electron chi connectivity index (χ3n) is 6.95. The fourth-order valence-corrected chi connectivity index (χ4v) is 4.77. The molecule has 0 saturated carbocycles. The van der Waals surface area contributed by atoms with Gasteiger partial charge >= 0.3 is 35.8 Å². The number of esters is 5. The molecule has 0 fully saturated rings. The first-order chi connectivity index (χ1) is 22.5. The standard InChI is InChI=1S/C34H43NO13/c1-18(2)13-28(33(40)41)35-16-29(45-20(4)36)31(47-22(6)38)32(48-23(7)39)30(46-21(5)37)17-44-34(42)19(3)24-9-10-26-15-27(43-8)12-11-25(26)14-24/h9-12,14-16,18-19,28-32H,13,17H2,1-8H3,(H,40,41)/t19?,28-,29?,30?,31?,32?/m0/s1. The molecule has 0 amide bonds. The van der Waals surface area contributed by atoms with Crippen molar-refractivity contribution in [3.05, 3.63) is 42.0 Å². The zero-order valence-corrected chi connectivity index (χ0v) is 28.3. The summed E-state index contributed by atoms with van der Waals surface area (Å²) >= 11 is 0. The van der Waals surface area contributed by atoms with Gasteiger partial charge in [-0.05, 0) is 47.7 Å². The molecule has 2 aromatic carbocycles. The number of fused-ring (bicyclic) bond motifs is 1. The maximum absolute atomic E-state index is 13.2. The number of carbonyl (C=O) groups is 6. The summed E-state index contributed by atoms with van der Waals surface area (Å²) in [6.45, 7) is 8.69. The summed E-state index contributed by atoms with van der Waals surface area (Å²) in [5.41, 5.74) is 0.622. The first kappa shape index (κ1) is 39.2. The molecule has 262 valence electrons. The lowest BCUT2D eigenvalue weighted by molar-refractivity contribution is -0.198. The summed E-state index contributed by atoms with van der Waals surface area (Å²) < 4.78 is 32.4. The lowest BCUT2D eigenvalue weighted by atomic mass is 9.97. The second-order valence-corrected chi connectivity index (χ2v) is 11.5. The molecule has 2 aromatic rings. The monoisotopic (exact) mass is 673 g/mol. The van der Waals surface area contributed by atoms with Gasteiger partial charge in [0.2, 0.25) is 0 Å². The summed E-state index contributed by atoms with van der Waals surface area (Å²) in [5.74, 6) is -5.74. The van der Waals surface area contributed by atoms with Crippen LogP contribution in [0.25, 0.3) is 10.8 Å². The number of hydrogen-bond acceptors (Lipinski definition) is 13. The van der Waals surface area contributed by atoms with E-state index in [2.05, 4.69) is 4.99 Å². The van der Waals surface area contributed by atoms with E-state index < -0.39 is 78.8 Å². The Morgan fingerprint density at radius 1 is 0.771 bits per heavy atom. The van der Waals surface area contributed by atoms with Crippen LogP contribution in [0.5, 0.6) is 5.75 Å². The van der Waals surface area contributed by atoms with Crippen LogP contribution in [0.3, 0.4) is 0 Å². The number of carboxylic acids is 1. The van der Waals surface area contributed by atoms with Crippen molar-refractivity contribution in [3.8, 4) is 5.75 Å². The van der Waals surface area contributed by atoms with E-state index in [1.807, 2.05) is 24.3 Å². The highest BCUT2D eigenvalue weighted by Gasteiger charge is 2.44. The Labute approximate surface area is 278 Å². The molecule has 0 aliphatic heterocycles.